The molecule has 2 heterocycles. The molecule has 2 aromatic heterocycles. The minimum Gasteiger partial charge on any atom is -0.489 e. The van der Waals surface area contributed by atoms with E-state index >= 15 is 0 Å². The molecule has 3 rings (SSSR count). The molecule has 2 N–H and O–H groups in total. The third-order valence-electron chi connectivity index (χ3n) is 5.34. The minimum absolute atomic E-state index is 0.235. The number of nitrogens with one attached hydrogen (secondary N) is 1. The number of fused-ring (bicyclic) bond motifs is 1. The molecule has 1 atom stereocenters. The van der Waals surface area contributed by atoms with Crippen LogP contribution in [0, 0.1) is 5.92 Å². The predicted octanol–water partition coefficient (Wildman–Crippen LogP) is 6.18. The molecule has 194 valence electrons. The highest BCUT2D eigenvalue weighted by atomic mass is 32.1. The van der Waals surface area contributed by atoms with Crippen molar-refractivity contribution in [2.45, 2.75) is 59.1 Å². The summed E-state index contributed by atoms with van der Waals surface area (Å²) in [7, 11) is 1.45. The molecule has 9 nitrogen and oxygen atoms in total. The van der Waals surface area contributed by atoms with E-state index in [1.165, 1.54) is 18.4 Å². The standard InChI is InChI=1S/C26H34N4O5S/c1-16(2)13-26(6,29-23(31)35-25(3,4)5)14-34-19-9-8-18(22-21(19)28-15-36-22)17-10-11-27-20(12-17)30(7)24(32)33/h8-12,15-16H,13-14H2,1-7H3,(H,29,31)(H,32,33)/t26-/m0/s1. The van der Waals surface area contributed by atoms with E-state index in [1.54, 1.807) is 17.8 Å². The molecule has 0 spiro atoms. The Morgan fingerprint density at radius 1 is 1.17 bits per heavy atom. The number of alkyl carbamates (subject to hydrolysis) is 1. The summed E-state index contributed by atoms with van der Waals surface area (Å²) in [6.45, 7) is 11.8. The third-order valence-corrected chi connectivity index (χ3v) is 6.20. The average Bonchev–Trinajstić information content (AvgIpc) is 3.25. The van der Waals surface area contributed by atoms with Crippen molar-refractivity contribution >= 4 is 39.6 Å². The van der Waals surface area contributed by atoms with Crippen LogP contribution in [0.3, 0.4) is 0 Å². The van der Waals surface area contributed by atoms with Crippen molar-refractivity contribution in [3.05, 3.63) is 36.0 Å². The Balaban J connectivity index is 1.87. The van der Waals surface area contributed by atoms with Crippen LogP contribution < -0.4 is 15.0 Å². The first-order valence-corrected chi connectivity index (χ1v) is 12.6. The molecule has 10 heteroatoms. The second kappa shape index (κ2) is 10.7. The molecule has 2 amide bonds. The number of benzene rings is 1. The summed E-state index contributed by atoms with van der Waals surface area (Å²) in [6.07, 6.45) is 0.710. The Labute approximate surface area is 215 Å². The number of ether oxygens (including phenoxy) is 2. The molecule has 3 aromatic rings. The third kappa shape index (κ3) is 6.84. The number of hydrogen-bond donors (Lipinski definition) is 2. The van der Waals surface area contributed by atoms with E-state index in [-0.39, 0.29) is 6.61 Å². The molecule has 0 fully saturated rings. The number of amides is 2. The minimum atomic E-state index is -1.09. The van der Waals surface area contributed by atoms with Gasteiger partial charge in [-0.1, -0.05) is 13.8 Å². The Kier molecular flexibility index (Phi) is 8.08. The number of carboxylic acid groups (broad SMARTS) is 1. The van der Waals surface area contributed by atoms with Crippen molar-refractivity contribution in [1.82, 2.24) is 15.3 Å². The lowest BCUT2D eigenvalue weighted by atomic mass is 9.91. The van der Waals surface area contributed by atoms with E-state index in [4.69, 9.17) is 9.47 Å². The zero-order chi connectivity index (χ0) is 26.7. The highest BCUT2D eigenvalue weighted by Gasteiger charge is 2.31. The van der Waals surface area contributed by atoms with Gasteiger partial charge in [0.15, 0.2) is 0 Å². The molecule has 0 radical (unpaired) electrons. The van der Waals surface area contributed by atoms with Crippen molar-refractivity contribution in [1.29, 1.82) is 0 Å². The number of carbonyl (C=O) groups excluding carboxylic acids is 1. The van der Waals surface area contributed by atoms with Gasteiger partial charge in [0, 0.05) is 18.8 Å². The van der Waals surface area contributed by atoms with Gasteiger partial charge in [-0.25, -0.2) is 19.6 Å². The van der Waals surface area contributed by atoms with Crippen LogP contribution in [-0.2, 0) is 4.74 Å². The highest BCUT2D eigenvalue weighted by Crippen LogP contribution is 2.37. The molecule has 0 aliphatic carbocycles. The van der Waals surface area contributed by atoms with Crippen LogP contribution >= 0.6 is 11.3 Å². The van der Waals surface area contributed by atoms with Gasteiger partial charge < -0.3 is 19.9 Å². The second-order valence-corrected chi connectivity index (χ2v) is 11.3. The number of pyridine rings is 1. The molecular weight excluding hydrogens is 480 g/mol. The predicted molar refractivity (Wildman–Crippen MR) is 142 cm³/mol. The quantitative estimate of drug-likeness (QED) is 0.369. The average molecular weight is 515 g/mol. The molecular formula is C26H34N4O5S. The topological polar surface area (TPSA) is 114 Å². The van der Waals surface area contributed by atoms with Crippen LogP contribution in [0.4, 0.5) is 15.4 Å². The largest absolute Gasteiger partial charge is 0.489 e. The SMILES string of the molecule is CC(C)C[C@@](C)(COc1ccc(-c2ccnc(N(C)C(=O)O)c2)c2scnc12)NC(=O)OC(C)(C)C. The van der Waals surface area contributed by atoms with Crippen LogP contribution in [0.1, 0.15) is 48.0 Å². The van der Waals surface area contributed by atoms with Gasteiger partial charge in [-0.3, -0.25) is 4.90 Å². The van der Waals surface area contributed by atoms with E-state index in [1.807, 2.05) is 45.9 Å². The molecule has 0 bridgehead atoms. The summed E-state index contributed by atoms with van der Waals surface area (Å²) in [5.74, 6) is 1.25. The fourth-order valence-corrected chi connectivity index (χ4v) is 4.81. The molecule has 0 saturated heterocycles. The number of hydrogen-bond acceptors (Lipinski definition) is 7. The van der Waals surface area contributed by atoms with E-state index in [0.717, 1.165) is 20.7 Å². The summed E-state index contributed by atoms with van der Waals surface area (Å²) < 4.78 is 12.6. The van der Waals surface area contributed by atoms with E-state index in [0.29, 0.717) is 29.4 Å². The van der Waals surface area contributed by atoms with Gasteiger partial charge in [-0.15, -0.1) is 11.3 Å². The second-order valence-electron chi connectivity index (χ2n) is 10.5. The first-order valence-electron chi connectivity index (χ1n) is 11.7. The zero-order valence-corrected chi connectivity index (χ0v) is 22.6. The van der Waals surface area contributed by atoms with Crippen LogP contribution in [0.5, 0.6) is 5.75 Å². The van der Waals surface area contributed by atoms with Gasteiger partial charge >= 0.3 is 12.2 Å². The smallest absolute Gasteiger partial charge is 0.412 e. The molecule has 0 aliphatic heterocycles. The molecule has 0 unspecified atom stereocenters. The van der Waals surface area contributed by atoms with Crippen LogP contribution in [0.15, 0.2) is 36.0 Å². The Bertz CT molecular complexity index is 1240. The van der Waals surface area contributed by atoms with Gasteiger partial charge in [-0.05, 0) is 69.9 Å². The fraction of sp³-hybridized carbons (Fsp3) is 0.462. The zero-order valence-electron chi connectivity index (χ0n) is 21.8. The number of rotatable bonds is 8. The van der Waals surface area contributed by atoms with E-state index in [2.05, 4.69) is 29.1 Å². The van der Waals surface area contributed by atoms with Crippen LogP contribution in [0.2, 0.25) is 0 Å². The number of carbonyl (C=O) groups is 2. The van der Waals surface area contributed by atoms with Crippen molar-refractivity contribution < 1.29 is 24.2 Å². The van der Waals surface area contributed by atoms with E-state index < -0.39 is 23.3 Å². The van der Waals surface area contributed by atoms with Crippen molar-refractivity contribution in [2.24, 2.45) is 5.92 Å². The maximum Gasteiger partial charge on any atom is 0.412 e. The summed E-state index contributed by atoms with van der Waals surface area (Å²) in [4.78, 5) is 33.6. The van der Waals surface area contributed by atoms with Crippen molar-refractivity contribution in [3.8, 4) is 16.9 Å². The summed E-state index contributed by atoms with van der Waals surface area (Å²) in [5, 5.41) is 12.3. The lowest BCUT2D eigenvalue weighted by Gasteiger charge is -2.33. The Hall–Kier alpha value is -3.40. The van der Waals surface area contributed by atoms with Crippen LogP contribution in [-0.4, -0.2) is 52.1 Å². The highest BCUT2D eigenvalue weighted by molar-refractivity contribution is 7.17. The first kappa shape index (κ1) is 27.2. The Morgan fingerprint density at radius 2 is 1.89 bits per heavy atom. The summed E-state index contributed by atoms with van der Waals surface area (Å²) >= 11 is 1.47. The van der Waals surface area contributed by atoms with E-state index in [9.17, 15) is 14.7 Å². The maximum absolute atomic E-state index is 12.5. The first-order chi connectivity index (χ1) is 16.8. The van der Waals surface area contributed by atoms with Gasteiger partial charge in [0.2, 0.25) is 0 Å². The van der Waals surface area contributed by atoms with Crippen molar-refractivity contribution in [3.63, 3.8) is 0 Å². The maximum atomic E-state index is 12.5. The fourth-order valence-electron chi connectivity index (χ4n) is 3.97. The lowest BCUT2D eigenvalue weighted by molar-refractivity contribution is 0.0408. The number of thiazole rings is 1. The number of aromatic nitrogens is 2. The van der Waals surface area contributed by atoms with Gasteiger partial charge in [0.1, 0.15) is 29.3 Å². The Morgan fingerprint density at radius 3 is 2.53 bits per heavy atom. The van der Waals surface area contributed by atoms with Crippen LogP contribution in [0.25, 0.3) is 21.3 Å². The molecule has 0 aliphatic rings. The molecule has 0 saturated carbocycles. The summed E-state index contributed by atoms with van der Waals surface area (Å²) in [5.41, 5.74) is 2.92. The molecule has 1 aromatic carbocycles. The molecule has 36 heavy (non-hydrogen) atoms. The van der Waals surface area contributed by atoms with Crippen molar-refractivity contribution in [2.75, 3.05) is 18.6 Å². The monoisotopic (exact) mass is 514 g/mol. The normalized spacial score (nSPS) is 13.3. The number of nitrogens with zero attached hydrogens (tertiary/aromatic N) is 3. The van der Waals surface area contributed by atoms with Gasteiger partial charge in [-0.2, -0.15) is 0 Å². The van der Waals surface area contributed by atoms with Gasteiger partial charge in [0.05, 0.1) is 15.7 Å². The number of anilines is 1. The lowest BCUT2D eigenvalue weighted by Crippen LogP contribution is -2.52. The van der Waals surface area contributed by atoms with Gasteiger partial charge in [0.25, 0.3) is 0 Å². The summed E-state index contributed by atoms with van der Waals surface area (Å²) in [6, 6.07) is 7.34.